The number of aromatic nitrogens is 2. The van der Waals surface area contributed by atoms with Gasteiger partial charge in [0.25, 0.3) is 0 Å². The van der Waals surface area contributed by atoms with E-state index in [2.05, 4.69) is 36.1 Å². The van der Waals surface area contributed by atoms with Crippen molar-refractivity contribution in [2.24, 2.45) is 0 Å². The molecular formula is C19H19N3O2S. The van der Waals surface area contributed by atoms with Crippen molar-refractivity contribution in [3.8, 4) is 10.7 Å². The molecule has 0 spiro atoms. The Hall–Kier alpha value is -2.47. The zero-order chi connectivity index (χ0) is 17.4. The van der Waals surface area contributed by atoms with Gasteiger partial charge in [-0.25, -0.2) is 0 Å². The maximum absolute atomic E-state index is 12.5. The fraction of sp³-hybridized carbons (Fsp3) is 0.316. The number of carbonyl (C=O) groups excluding carboxylic acids is 1. The summed E-state index contributed by atoms with van der Waals surface area (Å²) in [4.78, 5) is 19.7. The molecule has 1 aliphatic rings. The monoisotopic (exact) mass is 353 g/mol. The van der Waals surface area contributed by atoms with Crippen LogP contribution in [0.2, 0.25) is 0 Å². The van der Waals surface area contributed by atoms with Crippen LogP contribution in [0.25, 0.3) is 10.7 Å². The third kappa shape index (κ3) is 3.09. The van der Waals surface area contributed by atoms with E-state index in [1.54, 1.807) is 11.3 Å². The first-order valence-corrected chi connectivity index (χ1v) is 9.27. The van der Waals surface area contributed by atoms with Gasteiger partial charge in [0.2, 0.25) is 17.6 Å². The van der Waals surface area contributed by atoms with Crippen molar-refractivity contribution in [2.75, 3.05) is 11.4 Å². The standard InChI is InChI=1S/C19H19N3O2S/c1-12(2)13-5-7-15(8-6-13)22-11-14(10-17(22)23)19-20-18(21-24-19)16-4-3-9-25-16/h3-9,12,14H,10-11H2,1-2H3/t14-/m0/s1. The van der Waals surface area contributed by atoms with E-state index in [1.807, 2.05) is 34.5 Å². The lowest BCUT2D eigenvalue weighted by Gasteiger charge is -2.17. The van der Waals surface area contributed by atoms with Gasteiger partial charge in [0.1, 0.15) is 0 Å². The highest BCUT2D eigenvalue weighted by Crippen LogP contribution is 2.33. The highest BCUT2D eigenvalue weighted by Gasteiger charge is 2.35. The van der Waals surface area contributed by atoms with Crippen molar-refractivity contribution in [1.82, 2.24) is 10.1 Å². The molecule has 0 N–H and O–H groups in total. The van der Waals surface area contributed by atoms with Crippen LogP contribution in [-0.2, 0) is 4.79 Å². The molecule has 2 aromatic heterocycles. The van der Waals surface area contributed by atoms with Crippen LogP contribution in [0, 0.1) is 0 Å². The van der Waals surface area contributed by atoms with Gasteiger partial charge in [-0.05, 0) is 35.1 Å². The summed E-state index contributed by atoms with van der Waals surface area (Å²) in [7, 11) is 0. The van der Waals surface area contributed by atoms with E-state index >= 15 is 0 Å². The Bertz CT molecular complexity index is 868. The summed E-state index contributed by atoms with van der Waals surface area (Å²) < 4.78 is 5.42. The second-order valence-electron chi connectivity index (χ2n) is 6.59. The van der Waals surface area contributed by atoms with Crippen molar-refractivity contribution in [3.63, 3.8) is 0 Å². The number of hydrogen-bond donors (Lipinski definition) is 0. The maximum atomic E-state index is 12.5. The number of nitrogens with zero attached hydrogens (tertiary/aromatic N) is 3. The van der Waals surface area contributed by atoms with E-state index in [0.717, 1.165) is 10.6 Å². The van der Waals surface area contributed by atoms with Crippen LogP contribution >= 0.6 is 11.3 Å². The van der Waals surface area contributed by atoms with E-state index < -0.39 is 0 Å². The van der Waals surface area contributed by atoms with Crippen LogP contribution in [0.4, 0.5) is 5.69 Å². The number of rotatable bonds is 4. The number of benzene rings is 1. The SMILES string of the molecule is CC(C)c1ccc(N2C[C@@H](c3nc(-c4cccs4)no3)CC2=O)cc1. The summed E-state index contributed by atoms with van der Waals surface area (Å²) in [5.41, 5.74) is 2.19. The second kappa shape index (κ2) is 6.44. The first-order chi connectivity index (χ1) is 12.1. The lowest BCUT2D eigenvalue weighted by Crippen LogP contribution is -2.24. The lowest BCUT2D eigenvalue weighted by atomic mass is 10.0. The molecule has 3 aromatic rings. The molecule has 1 amide bonds. The van der Waals surface area contributed by atoms with Crippen molar-refractivity contribution >= 4 is 22.9 Å². The minimum absolute atomic E-state index is 0.0570. The molecule has 1 atom stereocenters. The average molecular weight is 353 g/mol. The molecule has 3 heterocycles. The fourth-order valence-electron chi connectivity index (χ4n) is 3.07. The fourth-order valence-corrected chi connectivity index (χ4v) is 3.72. The summed E-state index contributed by atoms with van der Waals surface area (Å²) in [5, 5.41) is 6.03. The smallest absolute Gasteiger partial charge is 0.232 e. The molecule has 0 unspecified atom stereocenters. The molecule has 0 bridgehead atoms. The van der Waals surface area contributed by atoms with Crippen molar-refractivity contribution in [2.45, 2.75) is 32.1 Å². The van der Waals surface area contributed by atoms with Gasteiger partial charge < -0.3 is 9.42 Å². The normalized spacial score (nSPS) is 17.6. The van der Waals surface area contributed by atoms with E-state index in [9.17, 15) is 4.79 Å². The first-order valence-electron chi connectivity index (χ1n) is 8.39. The summed E-state index contributed by atoms with van der Waals surface area (Å²) in [6, 6.07) is 12.1. The first kappa shape index (κ1) is 16.0. The molecule has 0 radical (unpaired) electrons. The minimum Gasteiger partial charge on any atom is -0.339 e. The van der Waals surface area contributed by atoms with E-state index in [0.29, 0.717) is 30.6 Å². The van der Waals surface area contributed by atoms with Crippen LogP contribution in [-0.4, -0.2) is 22.6 Å². The molecule has 4 rings (SSSR count). The van der Waals surface area contributed by atoms with Crippen LogP contribution in [0.1, 0.15) is 43.6 Å². The van der Waals surface area contributed by atoms with Gasteiger partial charge in [0.15, 0.2) is 0 Å². The quantitative estimate of drug-likeness (QED) is 0.696. The number of anilines is 1. The molecule has 128 valence electrons. The summed E-state index contributed by atoms with van der Waals surface area (Å²) >= 11 is 1.57. The lowest BCUT2D eigenvalue weighted by molar-refractivity contribution is -0.117. The molecule has 0 saturated carbocycles. The summed E-state index contributed by atoms with van der Waals surface area (Å²) in [5.74, 6) is 1.65. The minimum atomic E-state index is -0.0570. The van der Waals surface area contributed by atoms with Gasteiger partial charge in [-0.1, -0.05) is 37.2 Å². The van der Waals surface area contributed by atoms with Crippen LogP contribution in [0.3, 0.4) is 0 Å². The predicted molar refractivity (Wildman–Crippen MR) is 97.9 cm³/mol. The third-order valence-corrected chi connectivity index (χ3v) is 5.39. The van der Waals surface area contributed by atoms with Gasteiger partial charge in [0.05, 0.1) is 10.8 Å². The zero-order valence-electron chi connectivity index (χ0n) is 14.2. The number of carbonyl (C=O) groups is 1. The molecule has 1 aliphatic heterocycles. The number of hydrogen-bond acceptors (Lipinski definition) is 5. The van der Waals surface area contributed by atoms with E-state index in [-0.39, 0.29) is 11.8 Å². The highest BCUT2D eigenvalue weighted by atomic mass is 32.1. The van der Waals surface area contributed by atoms with E-state index in [1.165, 1.54) is 5.56 Å². The summed E-state index contributed by atoms with van der Waals surface area (Å²) in [6.07, 6.45) is 0.401. The Kier molecular flexibility index (Phi) is 4.13. The van der Waals surface area contributed by atoms with Crippen LogP contribution in [0.15, 0.2) is 46.3 Å². The maximum Gasteiger partial charge on any atom is 0.232 e. The van der Waals surface area contributed by atoms with Crippen LogP contribution in [0.5, 0.6) is 0 Å². The van der Waals surface area contributed by atoms with Gasteiger partial charge in [-0.15, -0.1) is 11.3 Å². The Morgan fingerprint density at radius 2 is 2.04 bits per heavy atom. The molecule has 0 aliphatic carbocycles. The second-order valence-corrected chi connectivity index (χ2v) is 7.53. The predicted octanol–water partition coefficient (Wildman–Crippen LogP) is 4.44. The van der Waals surface area contributed by atoms with E-state index in [4.69, 9.17) is 4.52 Å². The average Bonchev–Trinajstić information content (AvgIpc) is 3.35. The zero-order valence-corrected chi connectivity index (χ0v) is 15.0. The molecule has 5 nitrogen and oxygen atoms in total. The van der Waals surface area contributed by atoms with Gasteiger partial charge >= 0.3 is 0 Å². The molecular weight excluding hydrogens is 334 g/mol. The topological polar surface area (TPSA) is 59.2 Å². The van der Waals surface area contributed by atoms with Gasteiger partial charge in [0, 0.05) is 18.7 Å². The number of thiophene rings is 1. The van der Waals surface area contributed by atoms with Crippen molar-refractivity contribution in [1.29, 1.82) is 0 Å². The van der Waals surface area contributed by atoms with Crippen molar-refractivity contribution < 1.29 is 9.32 Å². The largest absolute Gasteiger partial charge is 0.339 e. The van der Waals surface area contributed by atoms with Crippen LogP contribution < -0.4 is 4.90 Å². The molecule has 25 heavy (non-hydrogen) atoms. The Morgan fingerprint density at radius 1 is 1.24 bits per heavy atom. The highest BCUT2D eigenvalue weighted by molar-refractivity contribution is 7.13. The Balaban J connectivity index is 1.52. The third-order valence-electron chi connectivity index (χ3n) is 4.53. The molecule has 1 saturated heterocycles. The summed E-state index contributed by atoms with van der Waals surface area (Å²) in [6.45, 7) is 4.89. The number of amides is 1. The Morgan fingerprint density at radius 3 is 2.72 bits per heavy atom. The Labute approximate surface area is 150 Å². The van der Waals surface area contributed by atoms with Gasteiger partial charge in [-0.3, -0.25) is 4.79 Å². The van der Waals surface area contributed by atoms with Gasteiger partial charge in [-0.2, -0.15) is 4.98 Å². The molecule has 6 heteroatoms. The van der Waals surface area contributed by atoms with Crippen molar-refractivity contribution in [3.05, 3.63) is 53.2 Å². The molecule has 1 aromatic carbocycles. The molecule has 1 fully saturated rings.